The number of para-hydroxylation sites is 1. The van der Waals surface area contributed by atoms with Crippen LogP contribution in [0.4, 0.5) is 0 Å². The van der Waals surface area contributed by atoms with Gasteiger partial charge in [-0.3, -0.25) is 4.79 Å². The first kappa shape index (κ1) is 11.1. The molecule has 2 aliphatic rings. The van der Waals surface area contributed by atoms with Gasteiger partial charge in [0.15, 0.2) is 5.78 Å². The Labute approximate surface area is 115 Å². The van der Waals surface area contributed by atoms with E-state index in [0.717, 1.165) is 27.5 Å². The number of allylic oxidation sites excluding steroid dienone is 4. The molecule has 0 saturated carbocycles. The van der Waals surface area contributed by atoms with Gasteiger partial charge in [-0.15, -0.1) is 0 Å². The molecule has 4 nitrogen and oxygen atoms in total. The van der Waals surface area contributed by atoms with Crippen LogP contribution in [0.1, 0.15) is 6.92 Å². The van der Waals surface area contributed by atoms with E-state index in [1.807, 2.05) is 42.0 Å². The van der Waals surface area contributed by atoms with Gasteiger partial charge < -0.3 is 4.57 Å². The third kappa shape index (κ3) is 1.39. The second-order valence-electron chi connectivity index (χ2n) is 4.84. The Morgan fingerprint density at radius 2 is 2.05 bits per heavy atom. The molecule has 1 aromatic carbocycles. The Bertz CT molecular complexity index is 915. The molecule has 0 fully saturated rings. The van der Waals surface area contributed by atoms with Crippen molar-refractivity contribution in [1.82, 2.24) is 9.55 Å². The van der Waals surface area contributed by atoms with Crippen molar-refractivity contribution < 1.29 is 4.79 Å². The van der Waals surface area contributed by atoms with Crippen LogP contribution in [-0.4, -0.2) is 15.3 Å². The molecule has 4 heteroatoms. The number of benzene rings is 1. The normalized spacial score (nSPS) is 16.8. The zero-order chi connectivity index (χ0) is 13.7. The molecule has 4 rings (SSSR count). The van der Waals surface area contributed by atoms with Gasteiger partial charge in [0.1, 0.15) is 0 Å². The zero-order valence-corrected chi connectivity index (χ0v) is 10.9. The number of carbonyl (C=O) groups is 1. The standard InChI is InChI=1S/C16H11N3O/c1-10-13(19-7-6-17-9-19)8-14(20)15-11-4-2-3-5-12(11)18-16(10)15/h2-9H,1H3. The number of ketones is 1. The van der Waals surface area contributed by atoms with Gasteiger partial charge in [-0.25, -0.2) is 9.98 Å². The van der Waals surface area contributed by atoms with Crippen molar-refractivity contribution in [1.29, 1.82) is 0 Å². The molecule has 96 valence electrons. The molecule has 0 radical (unpaired) electrons. The SMILES string of the molecule is CC1=C2N=c3ccccc3=C2C(=O)C=C1n1ccnc1. The molecule has 0 spiro atoms. The molecule has 2 heterocycles. The number of imidazole rings is 1. The lowest BCUT2D eigenvalue weighted by atomic mass is 9.94. The smallest absolute Gasteiger partial charge is 0.190 e. The molecular weight excluding hydrogens is 250 g/mol. The monoisotopic (exact) mass is 261 g/mol. The summed E-state index contributed by atoms with van der Waals surface area (Å²) in [6.45, 7) is 1.99. The van der Waals surface area contributed by atoms with Gasteiger partial charge in [-0.1, -0.05) is 18.2 Å². The van der Waals surface area contributed by atoms with E-state index in [-0.39, 0.29) is 5.78 Å². The van der Waals surface area contributed by atoms with Crippen LogP contribution in [0.3, 0.4) is 0 Å². The first-order valence-corrected chi connectivity index (χ1v) is 6.40. The van der Waals surface area contributed by atoms with Gasteiger partial charge in [-0.2, -0.15) is 0 Å². The second-order valence-corrected chi connectivity index (χ2v) is 4.84. The second kappa shape index (κ2) is 3.87. The molecule has 0 bridgehead atoms. The van der Waals surface area contributed by atoms with E-state index < -0.39 is 0 Å². The van der Waals surface area contributed by atoms with Crippen molar-refractivity contribution >= 4 is 17.1 Å². The molecule has 0 atom stereocenters. The Morgan fingerprint density at radius 1 is 1.20 bits per heavy atom. The fraction of sp³-hybridized carbons (Fsp3) is 0.0625. The van der Waals surface area contributed by atoms with Crippen molar-refractivity contribution in [2.45, 2.75) is 6.92 Å². The van der Waals surface area contributed by atoms with Crippen LogP contribution in [0, 0.1) is 0 Å². The van der Waals surface area contributed by atoms with E-state index in [0.29, 0.717) is 5.57 Å². The number of nitrogens with zero attached hydrogens (tertiary/aromatic N) is 3. The van der Waals surface area contributed by atoms with E-state index >= 15 is 0 Å². The van der Waals surface area contributed by atoms with Crippen LogP contribution in [-0.2, 0) is 4.79 Å². The van der Waals surface area contributed by atoms with Crippen molar-refractivity contribution in [3.8, 4) is 0 Å². The Balaban J connectivity index is 2.04. The summed E-state index contributed by atoms with van der Waals surface area (Å²) in [4.78, 5) is 21.1. The first-order valence-electron chi connectivity index (χ1n) is 6.40. The minimum absolute atomic E-state index is 0.00278. The average molecular weight is 261 g/mol. The van der Waals surface area contributed by atoms with Gasteiger partial charge in [0, 0.05) is 23.7 Å². The van der Waals surface area contributed by atoms with Gasteiger partial charge in [0.25, 0.3) is 0 Å². The van der Waals surface area contributed by atoms with Crippen molar-refractivity contribution in [2.75, 3.05) is 0 Å². The number of rotatable bonds is 1. The van der Waals surface area contributed by atoms with E-state index in [4.69, 9.17) is 0 Å². The maximum absolute atomic E-state index is 12.4. The molecule has 0 unspecified atom stereocenters. The summed E-state index contributed by atoms with van der Waals surface area (Å²) in [6.07, 6.45) is 6.88. The van der Waals surface area contributed by atoms with Gasteiger partial charge >= 0.3 is 0 Å². The van der Waals surface area contributed by atoms with Crippen LogP contribution in [0.5, 0.6) is 0 Å². The van der Waals surface area contributed by atoms with Crippen LogP contribution >= 0.6 is 0 Å². The number of hydrogen-bond donors (Lipinski definition) is 0. The van der Waals surface area contributed by atoms with E-state index in [1.54, 1.807) is 18.6 Å². The maximum atomic E-state index is 12.4. The summed E-state index contributed by atoms with van der Waals surface area (Å²) in [7, 11) is 0. The molecule has 20 heavy (non-hydrogen) atoms. The summed E-state index contributed by atoms with van der Waals surface area (Å²) in [6, 6.07) is 7.75. The number of hydrogen-bond acceptors (Lipinski definition) is 3. The number of carbonyl (C=O) groups excluding carboxylic acids is 1. The lowest BCUT2D eigenvalue weighted by Gasteiger charge is -2.17. The van der Waals surface area contributed by atoms with E-state index in [9.17, 15) is 4.79 Å². The summed E-state index contributed by atoms with van der Waals surface area (Å²) < 4.78 is 1.84. The molecule has 0 amide bonds. The highest BCUT2D eigenvalue weighted by Gasteiger charge is 2.27. The lowest BCUT2D eigenvalue weighted by Crippen LogP contribution is -2.24. The highest BCUT2D eigenvalue weighted by Crippen LogP contribution is 2.31. The Morgan fingerprint density at radius 3 is 2.85 bits per heavy atom. The predicted octanol–water partition coefficient (Wildman–Crippen LogP) is 1.06. The molecule has 0 saturated heterocycles. The quantitative estimate of drug-likeness (QED) is 0.770. The lowest BCUT2D eigenvalue weighted by molar-refractivity contribution is -0.109. The van der Waals surface area contributed by atoms with Gasteiger partial charge in [0.2, 0.25) is 0 Å². The van der Waals surface area contributed by atoms with Gasteiger partial charge in [0.05, 0.1) is 28.7 Å². The fourth-order valence-electron chi connectivity index (χ4n) is 2.70. The highest BCUT2D eigenvalue weighted by atomic mass is 16.1. The first-order chi connectivity index (χ1) is 9.75. The van der Waals surface area contributed by atoms with Crippen molar-refractivity contribution in [3.05, 3.63) is 70.9 Å². The molecule has 1 aliphatic heterocycles. The molecule has 0 N–H and O–H groups in total. The van der Waals surface area contributed by atoms with Crippen LogP contribution in [0.2, 0.25) is 0 Å². The minimum Gasteiger partial charge on any atom is -0.306 e. The summed E-state index contributed by atoms with van der Waals surface area (Å²) >= 11 is 0. The topological polar surface area (TPSA) is 47.2 Å². The number of fused-ring (bicyclic) bond motifs is 2. The largest absolute Gasteiger partial charge is 0.306 e. The molecule has 1 aliphatic carbocycles. The zero-order valence-electron chi connectivity index (χ0n) is 10.9. The van der Waals surface area contributed by atoms with Crippen LogP contribution < -0.4 is 10.6 Å². The number of aromatic nitrogens is 2. The Hall–Kier alpha value is -2.75. The Kier molecular flexibility index (Phi) is 2.15. The van der Waals surface area contributed by atoms with Gasteiger partial charge in [-0.05, 0) is 18.6 Å². The van der Waals surface area contributed by atoms with Crippen molar-refractivity contribution in [2.24, 2.45) is 4.99 Å². The molecular formula is C16H11N3O. The fourth-order valence-corrected chi connectivity index (χ4v) is 2.70. The van der Waals surface area contributed by atoms with Crippen LogP contribution in [0.15, 0.2) is 65.3 Å². The third-order valence-corrected chi connectivity index (χ3v) is 3.68. The maximum Gasteiger partial charge on any atom is 0.190 e. The van der Waals surface area contributed by atoms with E-state index in [2.05, 4.69) is 9.98 Å². The molecule has 2 aromatic rings. The minimum atomic E-state index is 0.00278. The highest BCUT2D eigenvalue weighted by molar-refractivity contribution is 6.30. The van der Waals surface area contributed by atoms with Crippen molar-refractivity contribution in [3.63, 3.8) is 0 Å². The van der Waals surface area contributed by atoms with Crippen LogP contribution in [0.25, 0.3) is 11.3 Å². The van der Waals surface area contributed by atoms with E-state index in [1.165, 1.54) is 0 Å². The summed E-state index contributed by atoms with van der Waals surface area (Å²) in [5.74, 6) is 0.00278. The average Bonchev–Trinajstić information content (AvgIpc) is 3.09. The third-order valence-electron chi connectivity index (χ3n) is 3.68. The molecule has 1 aromatic heterocycles. The summed E-state index contributed by atoms with van der Waals surface area (Å²) in [5.41, 5.74) is 3.32. The summed E-state index contributed by atoms with van der Waals surface area (Å²) in [5, 5.41) is 1.79. The predicted molar refractivity (Wildman–Crippen MR) is 74.8 cm³/mol.